The van der Waals surface area contributed by atoms with E-state index < -0.39 is 0 Å². The van der Waals surface area contributed by atoms with Gasteiger partial charge in [0.05, 0.1) is 5.41 Å². The van der Waals surface area contributed by atoms with Gasteiger partial charge in [-0.25, -0.2) is 0 Å². The minimum Gasteiger partial charge on any atom is -0.325 e. The molecule has 1 N–H and O–H groups in total. The molecule has 2 fully saturated rings. The third-order valence-corrected chi connectivity index (χ3v) is 5.97. The van der Waals surface area contributed by atoms with Gasteiger partial charge in [-0.15, -0.1) is 0 Å². The molecule has 2 atom stereocenters. The Kier molecular flexibility index (Phi) is 3.05. The van der Waals surface area contributed by atoms with E-state index in [2.05, 4.69) is 50.9 Å². The zero-order chi connectivity index (χ0) is 15.4. The van der Waals surface area contributed by atoms with Crippen LogP contribution in [0.2, 0.25) is 0 Å². The first-order valence-electron chi connectivity index (χ1n) is 7.86. The second kappa shape index (κ2) is 4.46. The van der Waals surface area contributed by atoms with Crippen molar-refractivity contribution in [2.75, 3.05) is 5.32 Å². The Balaban J connectivity index is 1.90. The molecule has 112 valence electrons. The van der Waals surface area contributed by atoms with Crippen molar-refractivity contribution in [2.24, 2.45) is 16.7 Å². The van der Waals surface area contributed by atoms with Crippen molar-refractivity contribution in [3.05, 3.63) is 41.5 Å². The van der Waals surface area contributed by atoms with E-state index in [-0.39, 0.29) is 16.7 Å². The van der Waals surface area contributed by atoms with Gasteiger partial charge in [-0.3, -0.25) is 4.79 Å². The van der Waals surface area contributed by atoms with E-state index in [9.17, 15) is 4.79 Å². The maximum atomic E-state index is 13.0. The highest BCUT2D eigenvalue weighted by molar-refractivity contribution is 5.99. The van der Waals surface area contributed by atoms with Crippen molar-refractivity contribution < 1.29 is 4.79 Å². The molecule has 2 aliphatic rings. The summed E-state index contributed by atoms with van der Waals surface area (Å²) in [6, 6.07) is 6.19. The molecular formula is C19H25NO. The van der Waals surface area contributed by atoms with Crippen LogP contribution in [0.4, 0.5) is 5.69 Å². The monoisotopic (exact) mass is 283 g/mol. The number of hydrogen-bond acceptors (Lipinski definition) is 1. The first-order valence-corrected chi connectivity index (χ1v) is 7.86. The topological polar surface area (TPSA) is 29.1 Å². The molecule has 0 aromatic heterocycles. The molecule has 0 radical (unpaired) electrons. The summed E-state index contributed by atoms with van der Waals surface area (Å²) < 4.78 is 0. The quantitative estimate of drug-likeness (QED) is 0.788. The molecule has 0 aliphatic heterocycles. The van der Waals surface area contributed by atoms with E-state index >= 15 is 0 Å². The van der Waals surface area contributed by atoms with Gasteiger partial charge in [0.25, 0.3) is 0 Å². The van der Waals surface area contributed by atoms with Crippen molar-refractivity contribution in [3.63, 3.8) is 0 Å². The van der Waals surface area contributed by atoms with Crippen molar-refractivity contribution >= 4 is 11.6 Å². The second-order valence-corrected chi connectivity index (χ2v) is 7.49. The number of benzene rings is 1. The summed E-state index contributed by atoms with van der Waals surface area (Å²) in [5.41, 5.74) is 4.11. The number of amides is 1. The molecule has 2 aliphatic carbocycles. The summed E-state index contributed by atoms with van der Waals surface area (Å²) >= 11 is 0. The molecule has 1 aromatic carbocycles. The molecule has 1 aromatic rings. The Bertz CT molecular complexity index is 628. The molecule has 21 heavy (non-hydrogen) atoms. The van der Waals surface area contributed by atoms with Crippen molar-refractivity contribution in [2.45, 2.75) is 47.0 Å². The maximum Gasteiger partial charge on any atom is 0.234 e. The number of anilines is 1. The maximum absolute atomic E-state index is 13.0. The van der Waals surface area contributed by atoms with Crippen LogP contribution in [0.25, 0.3) is 0 Å². The highest BCUT2D eigenvalue weighted by Gasteiger charge is 2.60. The number of carbonyl (C=O) groups excluding carboxylic acids is 1. The molecule has 0 spiro atoms. The third kappa shape index (κ3) is 1.96. The average Bonchev–Trinajstić information content (AvgIpc) is 2.94. The Labute approximate surface area is 127 Å². The molecular weight excluding hydrogens is 258 g/mol. The van der Waals surface area contributed by atoms with E-state index in [0.717, 1.165) is 36.1 Å². The minimum atomic E-state index is -0.343. The smallest absolute Gasteiger partial charge is 0.234 e. The van der Waals surface area contributed by atoms with Gasteiger partial charge in [0.2, 0.25) is 5.91 Å². The molecule has 0 heterocycles. The SMILES string of the molecule is C=C1C2(C(=O)Nc3cc(C)ccc3C)CCC(C2)C1(C)C. The summed E-state index contributed by atoms with van der Waals surface area (Å²) in [5, 5.41) is 3.18. The van der Waals surface area contributed by atoms with Crippen LogP contribution in [0.15, 0.2) is 30.4 Å². The Morgan fingerprint density at radius 1 is 1.33 bits per heavy atom. The Morgan fingerprint density at radius 3 is 2.67 bits per heavy atom. The lowest BCUT2D eigenvalue weighted by Crippen LogP contribution is -2.37. The van der Waals surface area contributed by atoms with Gasteiger partial charge < -0.3 is 5.32 Å². The molecule has 2 unspecified atom stereocenters. The van der Waals surface area contributed by atoms with Gasteiger partial charge in [0, 0.05) is 5.69 Å². The van der Waals surface area contributed by atoms with Gasteiger partial charge in [-0.2, -0.15) is 0 Å². The van der Waals surface area contributed by atoms with Gasteiger partial charge >= 0.3 is 0 Å². The zero-order valence-corrected chi connectivity index (χ0v) is 13.5. The molecule has 0 saturated heterocycles. The predicted octanol–water partition coefficient (Wildman–Crippen LogP) is 4.62. The average molecular weight is 283 g/mol. The summed E-state index contributed by atoms with van der Waals surface area (Å²) in [4.78, 5) is 13.0. The van der Waals surface area contributed by atoms with E-state index in [1.807, 2.05) is 6.92 Å². The van der Waals surface area contributed by atoms with Crippen LogP contribution in [0.5, 0.6) is 0 Å². The van der Waals surface area contributed by atoms with E-state index in [1.165, 1.54) is 5.56 Å². The van der Waals surface area contributed by atoms with E-state index in [1.54, 1.807) is 0 Å². The fourth-order valence-electron chi connectivity index (χ4n) is 4.25. The van der Waals surface area contributed by atoms with E-state index in [4.69, 9.17) is 0 Å². The molecule has 2 heteroatoms. The number of aryl methyl sites for hydroxylation is 2. The van der Waals surface area contributed by atoms with Crippen molar-refractivity contribution in [3.8, 4) is 0 Å². The van der Waals surface area contributed by atoms with Crippen LogP contribution in [0, 0.1) is 30.6 Å². The molecule has 1 amide bonds. The highest BCUT2D eigenvalue weighted by Crippen LogP contribution is 2.65. The molecule has 3 rings (SSSR count). The first-order chi connectivity index (χ1) is 9.77. The van der Waals surface area contributed by atoms with Crippen LogP contribution in [0.3, 0.4) is 0 Å². The molecule has 2 nitrogen and oxygen atoms in total. The first kappa shape index (κ1) is 14.4. The fraction of sp³-hybridized carbons (Fsp3) is 0.526. The van der Waals surface area contributed by atoms with Crippen molar-refractivity contribution in [1.29, 1.82) is 0 Å². The minimum absolute atomic E-state index is 0.0945. The lowest BCUT2D eigenvalue weighted by atomic mass is 9.68. The number of nitrogens with one attached hydrogen (secondary N) is 1. The third-order valence-electron chi connectivity index (χ3n) is 5.97. The Morgan fingerprint density at radius 2 is 2.05 bits per heavy atom. The van der Waals surface area contributed by atoms with Crippen LogP contribution >= 0.6 is 0 Å². The summed E-state index contributed by atoms with van der Waals surface area (Å²) in [5.74, 6) is 0.753. The van der Waals surface area contributed by atoms with Gasteiger partial charge in [0.15, 0.2) is 0 Å². The number of hydrogen-bond donors (Lipinski definition) is 1. The van der Waals surface area contributed by atoms with Crippen LogP contribution in [-0.4, -0.2) is 5.91 Å². The van der Waals surface area contributed by atoms with Gasteiger partial charge in [0.1, 0.15) is 0 Å². The number of fused-ring (bicyclic) bond motifs is 2. The van der Waals surface area contributed by atoms with Crippen LogP contribution in [0.1, 0.15) is 44.2 Å². The standard InChI is InChI=1S/C19H25NO/c1-12-6-7-13(2)16(10-12)20-17(21)19-9-8-15(11-19)18(4,5)14(19)3/h6-7,10,15H,3,8-9,11H2,1-2,4-5H3,(H,20,21). The van der Waals surface area contributed by atoms with Crippen LogP contribution < -0.4 is 5.32 Å². The summed E-state index contributed by atoms with van der Waals surface area (Å²) in [7, 11) is 0. The summed E-state index contributed by atoms with van der Waals surface area (Å²) in [6.45, 7) is 12.9. The Hall–Kier alpha value is -1.57. The lowest BCUT2D eigenvalue weighted by molar-refractivity contribution is -0.123. The van der Waals surface area contributed by atoms with Crippen LogP contribution in [-0.2, 0) is 4.79 Å². The molecule has 2 bridgehead atoms. The lowest BCUT2D eigenvalue weighted by Gasteiger charge is -2.37. The van der Waals surface area contributed by atoms with Gasteiger partial charge in [-0.05, 0) is 61.6 Å². The number of rotatable bonds is 2. The van der Waals surface area contributed by atoms with Gasteiger partial charge in [-0.1, -0.05) is 38.1 Å². The fourth-order valence-corrected chi connectivity index (χ4v) is 4.25. The normalized spacial score (nSPS) is 29.7. The second-order valence-electron chi connectivity index (χ2n) is 7.49. The molecule has 2 saturated carbocycles. The van der Waals surface area contributed by atoms with Crippen molar-refractivity contribution in [1.82, 2.24) is 0 Å². The summed E-state index contributed by atoms with van der Waals surface area (Å²) in [6.07, 6.45) is 3.07. The zero-order valence-electron chi connectivity index (χ0n) is 13.5. The highest BCUT2D eigenvalue weighted by atomic mass is 16.2. The predicted molar refractivity (Wildman–Crippen MR) is 87.2 cm³/mol. The van der Waals surface area contributed by atoms with E-state index in [0.29, 0.717) is 5.92 Å². The largest absolute Gasteiger partial charge is 0.325 e. The number of carbonyl (C=O) groups is 1.